The fourth-order valence-electron chi connectivity index (χ4n) is 0.697. The molecule has 0 saturated heterocycles. The van der Waals surface area contributed by atoms with Crippen LogP contribution in [0.3, 0.4) is 0 Å². The lowest BCUT2D eigenvalue weighted by Crippen LogP contribution is -2.08. The van der Waals surface area contributed by atoms with Crippen LogP contribution in [0.25, 0.3) is 0 Å². The first-order valence-electron chi connectivity index (χ1n) is 3.84. The molecular weight excluding hydrogens is 115 g/mol. The minimum atomic E-state index is -0.750. The van der Waals surface area contributed by atoms with Crippen LogP contribution >= 0.6 is 0 Å². The van der Waals surface area contributed by atoms with Crippen LogP contribution < -0.4 is 0 Å². The van der Waals surface area contributed by atoms with Gasteiger partial charge in [-0.15, -0.1) is 0 Å². The van der Waals surface area contributed by atoms with E-state index in [1.807, 2.05) is 27.7 Å². The Morgan fingerprint density at radius 2 is 1.56 bits per heavy atom. The zero-order valence-corrected chi connectivity index (χ0v) is 6.87. The summed E-state index contributed by atoms with van der Waals surface area (Å²) >= 11 is 0. The van der Waals surface area contributed by atoms with Crippen molar-refractivity contribution in [3.8, 4) is 0 Å². The van der Waals surface area contributed by atoms with E-state index in [1.165, 1.54) is 0 Å². The summed E-state index contributed by atoms with van der Waals surface area (Å²) in [5.74, 6) is 0.243. The Hall–Kier alpha value is -0.0700. The second-order valence-electron chi connectivity index (χ2n) is 2.69. The topological polar surface area (TPSA) is 0 Å². The third-order valence-corrected chi connectivity index (χ3v) is 1.76. The molecule has 1 heteroatoms. The van der Waals surface area contributed by atoms with Gasteiger partial charge in [-0.25, -0.2) is 4.39 Å². The second kappa shape index (κ2) is 3.19. The van der Waals surface area contributed by atoms with Crippen LogP contribution in [0.2, 0.25) is 0 Å². The zero-order chi connectivity index (χ0) is 7.49. The summed E-state index contributed by atoms with van der Waals surface area (Å²) < 4.78 is 12.6. The lowest BCUT2D eigenvalue weighted by Gasteiger charge is -2.06. The molecule has 1 aliphatic rings. The van der Waals surface area contributed by atoms with Crippen LogP contribution in [-0.4, -0.2) is 5.67 Å². The molecule has 0 radical (unpaired) electrons. The maximum atomic E-state index is 12.6. The summed E-state index contributed by atoms with van der Waals surface area (Å²) in [4.78, 5) is 0. The van der Waals surface area contributed by atoms with Crippen LogP contribution in [0.5, 0.6) is 0 Å². The van der Waals surface area contributed by atoms with Gasteiger partial charge in [0, 0.05) is 0 Å². The maximum Gasteiger partial charge on any atom is 0.113 e. The molecule has 9 heavy (non-hydrogen) atoms. The van der Waals surface area contributed by atoms with Gasteiger partial charge in [0.2, 0.25) is 0 Å². The van der Waals surface area contributed by atoms with Crippen molar-refractivity contribution in [1.82, 2.24) is 0 Å². The van der Waals surface area contributed by atoms with Crippen molar-refractivity contribution in [2.24, 2.45) is 5.92 Å². The van der Waals surface area contributed by atoms with Crippen molar-refractivity contribution >= 4 is 0 Å². The molecule has 0 unspecified atom stereocenters. The van der Waals surface area contributed by atoms with Crippen molar-refractivity contribution in [3.05, 3.63) is 0 Å². The molecule has 1 fully saturated rings. The van der Waals surface area contributed by atoms with E-state index in [9.17, 15) is 4.39 Å². The van der Waals surface area contributed by atoms with E-state index in [-0.39, 0.29) is 5.92 Å². The molecule has 0 heterocycles. The van der Waals surface area contributed by atoms with Crippen LogP contribution in [-0.2, 0) is 0 Å². The predicted molar refractivity (Wildman–Crippen MR) is 39.3 cm³/mol. The lowest BCUT2D eigenvalue weighted by molar-refractivity contribution is 0.230. The average molecular weight is 132 g/mol. The predicted octanol–water partition coefficient (Wildman–Crippen LogP) is 3.17. The van der Waals surface area contributed by atoms with Gasteiger partial charge in [-0.2, -0.15) is 0 Å². The van der Waals surface area contributed by atoms with Gasteiger partial charge in [0.15, 0.2) is 0 Å². The largest absolute Gasteiger partial charge is 0.244 e. The normalized spacial score (nSPS) is 20.7. The van der Waals surface area contributed by atoms with E-state index in [0.717, 1.165) is 12.8 Å². The highest BCUT2D eigenvalue weighted by Crippen LogP contribution is 2.45. The van der Waals surface area contributed by atoms with Crippen LogP contribution in [0.4, 0.5) is 4.39 Å². The fraction of sp³-hybridized carbons (Fsp3) is 1.00. The van der Waals surface area contributed by atoms with E-state index >= 15 is 0 Å². The molecule has 0 aromatic heterocycles. The van der Waals surface area contributed by atoms with E-state index in [4.69, 9.17) is 0 Å². The number of hydrogen-bond donors (Lipinski definition) is 0. The zero-order valence-electron chi connectivity index (χ0n) is 6.87. The Morgan fingerprint density at radius 1 is 1.22 bits per heavy atom. The van der Waals surface area contributed by atoms with Crippen molar-refractivity contribution < 1.29 is 4.39 Å². The molecular formula is C8H17F. The SMILES string of the molecule is CC.CC(C)C1(F)CC1. The van der Waals surface area contributed by atoms with Gasteiger partial charge < -0.3 is 0 Å². The Bertz CT molecular complexity index is 72.6. The Morgan fingerprint density at radius 3 is 1.56 bits per heavy atom. The van der Waals surface area contributed by atoms with Gasteiger partial charge in [0.25, 0.3) is 0 Å². The van der Waals surface area contributed by atoms with E-state index in [0.29, 0.717) is 0 Å². The third-order valence-electron chi connectivity index (χ3n) is 1.76. The first-order chi connectivity index (χ1) is 4.15. The minimum Gasteiger partial charge on any atom is -0.244 e. The highest BCUT2D eigenvalue weighted by molar-refractivity contribution is 4.96. The summed E-state index contributed by atoms with van der Waals surface area (Å²) in [6, 6.07) is 0. The van der Waals surface area contributed by atoms with E-state index in [1.54, 1.807) is 0 Å². The molecule has 0 N–H and O–H groups in total. The molecule has 0 aliphatic heterocycles. The lowest BCUT2D eigenvalue weighted by atomic mass is 10.1. The van der Waals surface area contributed by atoms with Crippen LogP contribution in [0.15, 0.2) is 0 Å². The number of halogens is 1. The van der Waals surface area contributed by atoms with Gasteiger partial charge in [-0.3, -0.25) is 0 Å². The van der Waals surface area contributed by atoms with Gasteiger partial charge in [0.1, 0.15) is 5.67 Å². The van der Waals surface area contributed by atoms with Gasteiger partial charge >= 0.3 is 0 Å². The van der Waals surface area contributed by atoms with Crippen LogP contribution in [0.1, 0.15) is 40.5 Å². The van der Waals surface area contributed by atoms with Crippen molar-refractivity contribution in [2.45, 2.75) is 46.2 Å². The maximum absolute atomic E-state index is 12.6. The molecule has 1 rings (SSSR count). The summed E-state index contributed by atoms with van der Waals surface area (Å²) in [5.41, 5.74) is -0.750. The summed E-state index contributed by atoms with van der Waals surface area (Å²) in [6.07, 6.45) is 1.59. The number of alkyl halides is 1. The summed E-state index contributed by atoms with van der Waals surface area (Å²) in [6.45, 7) is 7.88. The van der Waals surface area contributed by atoms with E-state index < -0.39 is 5.67 Å². The monoisotopic (exact) mass is 132 g/mol. The standard InChI is InChI=1S/C6H11F.C2H6/c1-5(2)6(7)3-4-6;1-2/h5H,3-4H2,1-2H3;1-2H3. The van der Waals surface area contributed by atoms with Crippen molar-refractivity contribution in [3.63, 3.8) is 0 Å². The molecule has 0 bridgehead atoms. The highest BCUT2D eigenvalue weighted by atomic mass is 19.1. The molecule has 0 atom stereocenters. The molecule has 1 saturated carbocycles. The van der Waals surface area contributed by atoms with Gasteiger partial charge in [-0.05, 0) is 18.8 Å². The third kappa shape index (κ3) is 2.33. The molecule has 56 valence electrons. The Kier molecular flexibility index (Phi) is 3.16. The molecule has 0 aromatic rings. The Labute approximate surface area is 57.5 Å². The van der Waals surface area contributed by atoms with Crippen molar-refractivity contribution in [2.75, 3.05) is 0 Å². The molecule has 0 spiro atoms. The molecule has 1 aliphatic carbocycles. The second-order valence-corrected chi connectivity index (χ2v) is 2.69. The molecule has 0 amide bonds. The average Bonchev–Trinajstić information content (AvgIpc) is 2.55. The van der Waals surface area contributed by atoms with Crippen LogP contribution in [0, 0.1) is 5.92 Å². The highest BCUT2D eigenvalue weighted by Gasteiger charge is 2.45. The quantitative estimate of drug-likeness (QED) is 0.514. The van der Waals surface area contributed by atoms with Gasteiger partial charge in [0.05, 0.1) is 0 Å². The van der Waals surface area contributed by atoms with E-state index in [2.05, 4.69) is 0 Å². The smallest absolute Gasteiger partial charge is 0.113 e. The number of hydrogen-bond acceptors (Lipinski definition) is 0. The summed E-state index contributed by atoms with van der Waals surface area (Å²) in [7, 11) is 0. The van der Waals surface area contributed by atoms with Gasteiger partial charge in [-0.1, -0.05) is 27.7 Å². The first kappa shape index (κ1) is 8.93. The first-order valence-corrected chi connectivity index (χ1v) is 3.84. The number of rotatable bonds is 1. The fourth-order valence-corrected chi connectivity index (χ4v) is 0.697. The minimum absolute atomic E-state index is 0.243. The molecule has 0 aromatic carbocycles. The Balaban J connectivity index is 0.000000291. The summed E-state index contributed by atoms with van der Waals surface area (Å²) in [5, 5.41) is 0. The molecule has 0 nitrogen and oxygen atoms in total. The van der Waals surface area contributed by atoms with Crippen molar-refractivity contribution in [1.29, 1.82) is 0 Å².